The molecular formula is C19H28FN3O4. The van der Waals surface area contributed by atoms with Gasteiger partial charge in [0.2, 0.25) is 5.91 Å². The van der Waals surface area contributed by atoms with E-state index in [9.17, 15) is 19.1 Å². The van der Waals surface area contributed by atoms with Crippen molar-refractivity contribution in [1.29, 1.82) is 0 Å². The van der Waals surface area contributed by atoms with Gasteiger partial charge in [-0.05, 0) is 31.0 Å². The van der Waals surface area contributed by atoms with Crippen LogP contribution in [-0.4, -0.2) is 73.2 Å². The van der Waals surface area contributed by atoms with Gasteiger partial charge in [0.25, 0.3) is 5.91 Å². The van der Waals surface area contributed by atoms with Crippen molar-refractivity contribution >= 4 is 11.8 Å². The van der Waals surface area contributed by atoms with Gasteiger partial charge in [0.1, 0.15) is 11.6 Å². The van der Waals surface area contributed by atoms with Crippen LogP contribution in [0.15, 0.2) is 18.2 Å². The second kappa shape index (κ2) is 9.14. The molecule has 0 radical (unpaired) electrons. The molecule has 1 atom stereocenters. The highest BCUT2D eigenvalue weighted by Crippen LogP contribution is 2.25. The van der Waals surface area contributed by atoms with Gasteiger partial charge in [0, 0.05) is 52.3 Å². The third-order valence-electron chi connectivity index (χ3n) is 4.75. The summed E-state index contributed by atoms with van der Waals surface area (Å²) in [5, 5.41) is 13.8. The highest BCUT2D eigenvalue weighted by molar-refractivity contribution is 5.86. The van der Waals surface area contributed by atoms with Gasteiger partial charge in [-0.15, -0.1) is 0 Å². The highest BCUT2D eigenvalue weighted by atomic mass is 19.1. The Hall–Kier alpha value is -2.19. The summed E-state index contributed by atoms with van der Waals surface area (Å²) < 4.78 is 19.2. The predicted molar refractivity (Wildman–Crippen MR) is 98.7 cm³/mol. The average molecular weight is 381 g/mol. The zero-order valence-electron chi connectivity index (χ0n) is 16.1. The van der Waals surface area contributed by atoms with Crippen molar-refractivity contribution in [2.45, 2.75) is 31.4 Å². The Kier molecular flexibility index (Phi) is 7.15. The third kappa shape index (κ3) is 5.40. The van der Waals surface area contributed by atoms with Gasteiger partial charge in [0.05, 0.1) is 7.11 Å². The number of rotatable bonds is 8. The first-order valence-corrected chi connectivity index (χ1v) is 9.02. The van der Waals surface area contributed by atoms with Crippen LogP contribution in [-0.2, 0) is 16.1 Å². The quantitative estimate of drug-likeness (QED) is 0.650. The number of nitrogens with one attached hydrogen (secondary N) is 1. The van der Waals surface area contributed by atoms with Gasteiger partial charge < -0.3 is 25.0 Å². The van der Waals surface area contributed by atoms with Crippen molar-refractivity contribution in [3.8, 4) is 5.75 Å². The zero-order chi connectivity index (χ0) is 20.0. The van der Waals surface area contributed by atoms with Crippen molar-refractivity contribution in [3.63, 3.8) is 0 Å². The number of amides is 2. The van der Waals surface area contributed by atoms with E-state index in [4.69, 9.17) is 4.74 Å². The number of hydrogen-bond donors (Lipinski definition) is 2. The minimum absolute atomic E-state index is 0.0282. The summed E-state index contributed by atoms with van der Waals surface area (Å²) in [6.45, 7) is 0.959. The second-order valence-corrected chi connectivity index (χ2v) is 7.03. The van der Waals surface area contributed by atoms with Crippen molar-refractivity contribution in [3.05, 3.63) is 29.6 Å². The first-order valence-electron chi connectivity index (χ1n) is 9.02. The number of hydrogen-bond acceptors (Lipinski definition) is 5. The molecule has 27 heavy (non-hydrogen) atoms. The van der Waals surface area contributed by atoms with E-state index in [1.165, 1.54) is 29.0 Å². The maximum absolute atomic E-state index is 14.1. The summed E-state index contributed by atoms with van der Waals surface area (Å²) in [6, 6.07) is 4.38. The van der Waals surface area contributed by atoms with E-state index >= 15 is 0 Å². The van der Waals surface area contributed by atoms with Gasteiger partial charge in [-0.2, -0.15) is 0 Å². The number of nitrogens with zero attached hydrogens (tertiary/aromatic N) is 2. The average Bonchev–Trinajstić information content (AvgIpc) is 2.64. The van der Waals surface area contributed by atoms with E-state index in [1.54, 1.807) is 20.2 Å². The lowest BCUT2D eigenvalue weighted by Gasteiger charge is -2.38. The van der Waals surface area contributed by atoms with Crippen LogP contribution < -0.4 is 10.1 Å². The number of piperidine rings is 1. The molecule has 0 saturated carbocycles. The summed E-state index contributed by atoms with van der Waals surface area (Å²) in [6.07, 6.45) is 1.24. The Morgan fingerprint density at radius 2 is 2.19 bits per heavy atom. The molecule has 1 fully saturated rings. The van der Waals surface area contributed by atoms with Crippen molar-refractivity contribution in [1.82, 2.24) is 15.1 Å². The predicted octanol–water partition coefficient (Wildman–Crippen LogP) is 0.756. The number of carbonyl (C=O) groups excluding carboxylic acids is 2. The summed E-state index contributed by atoms with van der Waals surface area (Å²) in [5.41, 5.74) is -1.20. The van der Waals surface area contributed by atoms with Crippen LogP contribution in [0.2, 0.25) is 0 Å². The van der Waals surface area contributed by atoms with E-state index in [2.05, 4.69) is 5.32 Å². The summed E-state index contributed by atoms with van der Waals surface area (Å²) in [4.78, 5) is 27.3. The largest absolute Gasteiger partial charge is 0.497 e. The highest BCUT2D eigenvalue weighted by Gasteiger charge is 2.41. The molecule has 2 rings (SSSR count). The molecule has 1 aliphatic heterocycles. The summed E-state index contributed by atoms with van der Waals surface area (Å²) >= 11 is 0. The van der Waals surface area contributed by atoms with Crippen LogP contribution in [0.5, 0.6) is 5.75 Å². The lowest BCUT2D eigenvalue weighted by atomic mass is 9.91. The van der Waals surface area contributed by atoms with Crippen molar-refractivity contribution in [2.75, 3.05) is 40.8 Å². The molecule has 0 unspecified atom stereocenters. The van der Waals surface area contributed by atoms with Crippen LogP contribution in [0.4, 0.5) is 4.39 Å². The Bertz CT molecular complexity index is 683. The number of halogens is 1. The Labute approximate surface area is 159 Å². The normalized spacial score (nSPS) is 19.9. The molecule has 1 aromatic carbocycles. The lowest BCUT2D eigenvalue weighted by molar-refractivity contribution is -0.157. The van der Waals surface area contributed by atoms with Crippen LogP contribution in [0.1, 0.15) is 24.8 Å². The number of aliphatic hydroxyl groups is 1. The molecule has 0 aromatic heterocycles. The molecule has 1 aromatic rings. The Morgan fingerprint density at radius 3 is 2.85 bits per heavy atom. The summed E-state index contributed by atoms with van der Waals surface area (Å²) in [5.74, 6) is -0.363. The van der Waals surface area contributed by atoms with Crippen LogP contribution in [0, 0.1) is 5.82 Å². The fraction of sp³-hybridized carbons (Fsp3) is 0.579. The van der Waals surface area contributed by atoms with Crippen LogP contribution >= 0.6 is 0 Å². The molecule has 2 amide bonds. The van der Waals surface area contributed by atoms with E-state index in [1.807, 2.05) is 0 Å². The summed E-state index contributed by atoms with van der Waals surface area (Å²) in [7, 11) is 4.85. The van der Waals surface area contributed by atoms with E-state index < -0.39 is 17.3 Å². The molecule has 7 nitrogen and oxygen atoms in total. The van der Waals surface area contributed by atoms with Crippen molar-refractivity contribution < 1.29 is 23.8 Å². The van der Waals surface area contributed by atoms with Crippen LogP contribution in [0.25, 0.3) is 0 Å². The van der Waals surface area contributed by atoms with Crippen LogP contribution in [0.3, 0.4) is 0 Å². The maximum Gasteiger partial charge on any atom is 0.256 e. The molecular weight excluding hydrogens is 353 g/mol. The standard InChI is InChI=1S/C19H28FN3O4/c1-22(2)17(24)7-9-21-13-19(26)8-4-10-23(18(19)25)12-14-11-15(27-3)5-6-16(14)20/h5-6,11,21,26H,4,7-10,12-13H2,1-3H3/t19-/m1/s1. The number of carbonyl (C=O) groups is 2. The third-order valence-corrected chi connectivity index (χ3v) is 4.75. The van der Waals surface area contributed by atoms with E-state index in [0.29, 0.717) is 37.2 Å². The maximum atomic E-state index is 14.1. The fourth-order valence-electron chi connectivity index (χ4n) is 3.10. The molecule has 2 N–H and O–H groups in total. The zero-order valence-corrected chi connectivity index (χ0v) is 16.1. The fourth-order valence-corrected chi connectivity index (χ4v) is 3.10. The van der Waals surface area contributed by atoms with Gasteiger partial charge >= 0.3 is 0 Å². The molecule has 8 heteroatoms. The number of methoxy groups -OCH3 is 1. The topological polar surface area (TPSA) is 82.1 Å². The second-order valence-electron chi connectivity index (χ2n) is 7.03. The molecule has 1 heterocycles. The number of ether oxygens (including phenoxy) is 1. The number of likely N-dealkylation sites (tertiary alicyclic amines) is 1. The van der Waals surface area contributed by atoms with E-state index in [0.717, 1.165) is 0 Å². The van der Waals surface area contributed by atoms with Gasteiger partial charge in [0.15, 0.2) is 5.60 Å². The molecule has 150 valence electrons. The minimum atomic E-state index is -1.55. The van der Waals surface area contributed by atoms with Crippen molar-refractivity contribution in [2.24, 2.45) is 0 Å². The monoisotopic (exact) mass is 381 g/mol. The molecule has 0 bridgehead atoms. The van der Waals surface area contributed by atoms with E-state index in [-0.39, 0.29) is 25.4 Å². The Balaban J connectivity index is 1.97. The van der Waals surface area contributed by atoms with Gasteiger partial charge in [-0.3, -0.25) is 9.59 Å². The Morgan fingerprint density at radius 1 is 1.44 bits per heavy atom. The smallest absolute Gasteiger partial charge is 0.256 e. The van der Waals surface area contributed by atoms with Gasteiger partial charge in [-0.25, -0.2) is 4.39 Å². The first-order chi connectivity index (χ1) is 12.8. The first kappa shape index (κ1) is 21.1. The van der Waals surface area contributed by atoms with Gasteiger partial charge in [-0.1, -0.05) is 0 Å². The molecule has 0 spiro atoms. The lowest BCUT2D eigenvalue weighted by Crippen LogP contribution is -2.57. The molecule has 1 saturated heterocycles. The SMILES string of the molecule is COc1ccc(F)c(CN2CCC[C@@](O)(CNCCC(=O)N(C)C)C2=O)c1. The minimum Gasteiger partial charge on any atom is -0.497 e. The number of benzene rings is 1. The molecule has 1 aliphatic rings. The molecule has 0 aliphatic carbocycles.